The predicted octanol–water partition coefficient (Wildman–Crippen LogP) is 15.9. The Kier molecular flexibility index (Phi) is 7.73. The van der Waals surface area contributed by atoms with E-state index in [9.17, 15) is 0 Å². The first-order valence-electron chi connectivity index (χ1n) is 20.9. The van der Waals surface area contributed by atoms with Crippen molar-refractivity contribution in [2.45, 2.75) is 24.7 Å². The van der Waals surface area contributed by atoms with Crippen LogP contribution in [0.3, 0.4) is 0 Å². The third-order valence-corrected chi connectivity index (χ3v) is 14.9. The molecule has 0 saturated carbocycles. The van der Waals surface area contributed by atoms with Gasteiger partial charge in [0.2, 0.25) is 0 Å². The van der Waals surface area contributed by atoms with Crippen molar-refractivity contribution in [3.8, 4) is 33.4 Å². The highest BCUT2D eigenvalue weighted by atomic mass is 32.1. The fourth-order valence-corrected chi connectivity index (χ4v) is 11.9. The standard InChI is InChI=1S/C58H41NS/c1-57(39-17-5-3-6-18-39)49-26-12-9-21-44(49)48-37-42(35-36-51(48)57)59(41-33-31-38(32-34-41)43-24-15-25-46-45-22-11-14-30-54(45)60-56(43)46)53-29-16-28-52-55(53)47-23-10-13-27-50(47)58(52,2)40-19-7-4-8-20-40/h3-37H,1-2H3. The highest BCUT2D eigenvalue weighted by molar-refractivity contribution is 7.26. The lowest BCUT2D eigenvalue weighted by atomic mass is 9.74. The Morgan fingerprint density at radius 1 is 0.383 bits per heavy atom. The highest BCUT2D eigenvalue weighted by Crippen LogP contribution is 2.58. The molecular weight excluding hydrogens is 743 g/mol. The van der Waals surface area contributed by atoms with Crippen molar-refractivity contribution in [2.75, 3.05) is 4.90 Å². The Morgan fingerprint density at radius 3 is 1.67 bits per heavy atom. The van der Waals surface area contributed by atoms with E-state index in [1.807, 2.05) is 11.3 Å². The summed E-state index contributed by atoms with van der Waals surface area (Å²) in [6.07, 6.45) is 0. The zero-order valence-electron chi connectivity index (χ0n) is 33.6. The first-order valence-corrected chi connectivity index (χ1v) is 21.7. The molecule has 0 aliphatic heterocycles. The number of anilines is 3. The summed E-state index contributed by atoms with van der Waals surface area (Å²) in [6.45, 7) is 4.80. The summed E-state index contributed by atoms with van der Waals surface area (Å²) in [5.74, 6) is 0. The number of hydrogen-bond acceptors (Lipinski definition) is 2. The van der Waals surface area contributed by atoms with Gasteiger partial charge >= 0.3 is 0 Å². The van der Waals surface area contributed by atoms with Crippen molar-refractivity contribution < 1.29 is 0 Å². The molecule has 2 unspecified atom stereocenters. The third kappa shape index (κ3) is 4.92. The molecule has 1 nitrogen and oxygen atoms in total. The summed E-state index contributed by atoms with van der Waals surface area (Å²) in [4.78, 5) is 2.51. The van der Waals surface area contributed by atoms with Gasteiger partial charge in [0.1, 0.15) is 0 Å². The van der Waals surface area contributed by atoms with E-state index in [1.165, 1.54) is 92.6 Å². The second-order valence-corrected chi connectivity index (χ2v) is 17.7. The van der Waals surface area contributed by atoms with Crippen LogP contribution in [0, 0.1) is 0 Å². The molecule has 0 bridgehead atoms. The monoisotopic (exact) mass is 783 g/mol. The summed E-state index contributed by atoms with van der Waals surface area (Å²) in [6, 6.07) is 79.0. The molecule has 10 aromatic rings. The zero-order chi connectivity index (χ0) is 40.0. The van der Waals surface area contributed by atoms with Crippen LogP contribution < -0.4 is 4.90 Å². The molecule has 2 aliphatic rings. The Balaban J connectivity index is 1.08. The average molecular weight is 784 g/mol. The van der Waals surface area contributed by atoms with Crippen LogP contribution in [0.25, 0.3) is 53.6 Å². The van der Waals surface area contributed by atoms with Crippen LogP contribution in [0.5, 0.6) is 0 Å². The van der Waals surface area contributed by atoms with E-state index >= 15 is 0 Å². The van der Waals surface area contributed by atoms with Crippen LogP contribution in [-0.4, -0.2) is 0 Å². The minimum absolute atomic E-state index is 0.268. The third-order valence-electron chi connectivity index (χ3n) is 13.7. The van der Waals surface area contributed by atoms with Gasteiger partial charge in [-0.05, 0) is 111 Å². The van der Waals surface area contributed by atoms with E-state index in [0.29, 0.717) is 0 Å². The van der Waals surface area contributed by atoms with Crippen LogP contribution >= 0.6 is 11.3 Å². The van der Waals surface area contributed by atoms with Crippen molar-refractivity contribution in [1.29, 1.82) is 0 Å². The van der Waals surface area contributed by atoms with Gasteiger partial charge in [0.25, 0.3) is 0 Å². The summed E-state index contributed by atoms with van der Waals surface area (Å²) in [5.41, 5.74) is 18.5. The summed E-state index contributed by atoms with van der Waals surface area (Å²) < 4.78 is 2.66. The van der Waals surface area contributed by atoms with Crippen molar-refractivity contribution in [2.24, 2.45) is 0 Å². The zero-order valence-corrected chi connectivity index (χ0v) is 34.4. The first-order chi connectivity index (χ1) is 29.5. The Bertz CT molecular complexity index is 3290. The highest BCUT2D eigenvalue weighted by Gasteiger charge is 2.43. The maximum Gasteiger partial charge on any atom is 0.0543 e. The number of benzene rings is 9. The van der Waals surface area contributed by atoms with E-state index in [4.69, 9.17) is 0 Å². The molecule has 1 heterocycles. The molecule has 9 aromatic carbocycles. The number of nitrogens with zero attached hydrogens (tertiary/aromatic N) is 1. The van der Waals surface area contributed by atoms with Gasteiger partial charge < -0.3 is 4.90 Å². The second-order valence-electron chi connectivity index (χ2n) is 16.7. The van der Waals surface area contributed by atoms with Crippen LogP contribution in [0.4, 0.5) is 17.1 Å². The number of hydrogen-bond donors (Lipinski definition) is 0. The number of thiophene rings is 1. The van der Waals surface area contributed by atoms with Crippen LogP contribution in [0.1, 0.15) is 47.2 Å². The maximum absolute atomic E-state index is 2.51. The largest absolute Gasteiger partial charge is 0.310 e. The molecule has 12 rings (SSSR count). The fraction of sp³-hybridized carbons (Fsp3) is 0.0690. The van der Waals surface area contributed by atoms with Crippen molar-refractivity contribution in [3.05, 3.63) is 246 Å². The predicted molar refractivity (Wildman–Crippen MR) is 254 cm³/mol. The van der Waals surface area contributed by atoms with Gasteiger partial charge in [0.05, 0.1) is 5.69 Å². The molecule has 0 N–H and O–H groups in total. The lowest BCUT2D eigenvalue weighted by Gasteiger charge is -2.31. The molecule has 0 amide bonds. The average Bonchev–Trinajstić information content (AvgIpc) is 3.92. The molecule has 0 fully saturated rings. The molecule has 60 heavy (non-hydrogen) atoms. The smallest absolute Gasteiger partial charge is 0.0543 e. The van der Waals surface area contributed by atoms with Crippen molar-refractivity contribution in [3.63, 3.8) is 0 Å². The SMILES string of the molecule is CC1(c2ccccc2)c2ccccc2-c2cc(N(c3ccc(-c4cccc5c4sc4ccccc45)cc3)c3cccc4c3-c3ccccc3C4(C)c3ccccc3)ccc21. The summed E-state index contributed by atoms with van der Waals surface area (Å²) in [5, 5.41) is 2.64. The van der Waals surface area contributed by atoms with E-state index < -0.39 is 0 Å². The van der Waals surface area contributed by atoms with Crippen LogP contribution in [-0.2, 0) is 10.8 Å². The minimum Gasteiger partial charge on any atom is -0.310 e. The quantitative estimate of drug-likeness (QED) is 0.162. The summed E-state index contributed by atoms with van der Waals surface area (Å²) in [7, 11) is 0. The van der Waals surface area contributed by atoms with E-state index in [2.05, 4.69) is 231 Å². The van der Waals surface area contributed by atoms with Crippen LogP contribution in [0.15, 0.2) is 212 Å². The molecule has 0 radical (unpaired) electrons. The molecule has 2 atom stereocenters. The lowest BCUT2D eigenvalue weighted by molar-refractivity contribution is 0.713. The Morgan fingerprint density at radius 2 is 0.917 bits per heavy atom. The second kappa shape index (κ2) is 13.3. The number of fused-ring (bicyclic) bond motifs is 9. The van der Waals surface area contributed by atoms with E-state index in [0.717, 1.165) is 11.4 Å². The van der Waals surface area contributed by atoms with Crippen molar-refractivity contribution in [1.82, 2.24) is 0 Å². The van der Waals surface area contributed by atoms with E-state index in [1.54, 1.807) is 0 Å². The van der Waals surface area contributed by atoms with Gasteiger partial charge in [-0.15, -0.1) is 11.3 Å². The number of rotatable bonds is 6. The van der Waals surface area contributed by atoms with Gasteiger partial charge in [-0.2, -0.15) is 0 Å². The summed E-state index contributed by atoms with van der Waals surface area (Å²) >= 11 is 1.89. The Labute approximate surface area is 355 Å². The maximum atomic E-state index is 2.51. The van der Waals surface area contributed by atoms with Gasteiger partial charge in [0, 0.05) is 47.9 Å². The normalized spacial score (nSPS) is 17.3. The molecule has 284 valence electrons. The topological polar surface area (TPSA) is 3.24 Å². The molecule has 0 spiro atoms. The van der Waals surface area contributed by atoms with E-state index in [-0.39, 0.29) is 10.8 Å². The molecule has 2 aliphatic carbocycles. The fourth-order valence-electron chi connectivity index (χ4n) is 10.7. The lowest BCUT2D eigenvalue weighted by Crippen LogP contribution is -2.22. The Hall–Kier alpha value is -7.00. The minimum atomic E-state index is -0.309. The van der Waals surface area contributed by atoms with Gasteiger partial charge in [0.15, 0.2) is 0 Å². The van der Waals surface area contributed by atoms with Gasteiger partial charge in [-0.3, -0.25) is 0 Å². The van der Waals surface area contributed by atoms with Gasteiger partial charge in [-0.1, -0.05) is 176 Å². The molecule has 2 heteroatoms. The first kappa shape index (κ1) is 35.0. The van der Waals surface area contributed by atoms with Crippen LogP contribution in [0.2, 0.25) is 0 Å². The van der Waals surface area contributed by atoms with Crippen molar-refractivity contribution >= 4 is 48.6 Å². The van der Waals surface area contributed by atoms with Gasteiger partial charge in [-0.25, -0.2) is 0 Å². The molecule has 1 aromatic heterocycles. The molecular formula is C58H41NS. The molecule has 0 saturated heterocycles.